The van der Waals surface area contributed by atoms with Crippen LogP contribution in [0, 0.1) is 0 Å². The third-order valence-electron chi connectivity index (χ3n) is 2.73. The van der Waals surface area contributed by atoms with Crippen molar-refractivity contribution in [3.8, 4) is 11.3 Å². The van der Waals surface area contributed by atoms with E-state index >= 15 is 0 Å². The molecule has 7 nitrogen and oxygen atoms in total. The Hall–Kier alpha value is -2.32. The number of rotatable bonds is 5. The molecule has 0 unspecified atom stereocenters. The molecule has 1 aromatic heterocycles. The van der Waals surface area contributed by atoms with Gasteiger partial charge < -0.3 is 8.64 Å². The summed E-state index contributed by atoms with van der Waals surface area (Å²) in [5.74, 6) is -0.996. The first-order valence-electron chi connectivity index (χ1n) is 5.85. The summed E-state index contributed by atoms with van der Waals surface area (Å²) >= 11 is 1.94. The van der Waals surface area contributed by atoms with Crippen molar-refractivity contribution in [2.24, 2.45) is 5.11 Å². The van der Waals surface area contributed by atoms with Gasteiger partial charge in [-0.1, -0.05) is 11.2 Å². The fourth-order valence-corrected chi connectivity index (χ4v) is 2.07. The van der Waals surface area contributed by atoms with E-state index in [0.717, 1.165) is 5.56 Å². The van der Waals surface area contributed by atoms with Gasteiger partial charge in [-0.15, -0.1) is 0 Å². The third-order valence-corrected chi connectivity index (χ3v) is 3.35. The summed E-state index contributed by atoms with van der Waals surface area (Å²) in [5, 5.41) is 12.6. The van der Waals surface area contributed by atoms with Crippen LogP contribution in [0.4, 0.5) is 5.69 Å². The van der Waals surface area contributed by atoms with Gasteiger partial charge in [-0.3, -0.25) is 4.98 Å². The average molecular weight is 395 g/mol. The molecule has 0 aliphatic carbocycles. The Labute approximate surface area is 134 Å². The lowest BCUT2D eigenvalue weighted by Gasteiger charge is -2.07. The lowest BCUT2D eigenvalue weighted by Crippen LogP contribution is -1.98. The van der Waals surface area contributed by atoms with Gasteiger partial charge in [-0.05, 0) is 35.4 Å². The molecule has 8 heteroatoms. The van der Waals surface area contributed by atoms with Gasteiger partial charge in [-0.25, -0.2) is 4.79 Å². The van der Waals surface area contributed by atoms with Crippen LogP contribution in [-0.4, -0.2) is 16.1 Å². The summed E-state index contributed by atoms with van der Waals surface area (Å²) in [7, 11) is 0. The Balaban J connectivity index is 2.38. The highest BCUT2D eigenvalue weighted by Gasteiger charge is 2.09. The lowest BCUT2D eigenvalue weighted by atomic mass is 10.1. The highest BCUT2D eigenvalue weighted by molar-refractivity contribution is 14.1. The van der Waals surface area contributed by atoms with Crippen molar-refractivity contribution in [3.05, 3.63) is 58.1 Å². The summed E-state index contributed by atoms with van der Waals surface area (Å²) in [6.45, 7) is 0.236. The number of nitrogens with zero attached hydrogens (tertiary/aromatic N) is 4. The Morgan fingerprint density at radius 3 is 2.81 bits per heavy atom. The number of carboxylic acids is 1. The molecule has 2 aromatic rings. The van der Waals surface area contributed by atoms with Gasteiger partial charge >= 0.3 is 5.97 Å². The van der Waals surface area contributed by atoms with E-state index in [2.05, 4.69) is 18.5 Å². The van der Waals surface area contributed by atoms with Crippen LogP contribution in [0.2, 0.25) is 0 Å². The molecule has 1 aromatic carbocycles. The van der Waals surface area contributed by atoms with Crippen LogP contribution >= 0.6 is 22.9 Å². The fraction of sp³-hybridized carbons (Fsp3) is 0.0769. The second kappa shape index (κ2) is 6.91. The summed E-state index contributed by atoms with van der Waals surface area (Å²) in [6, 6.07) is 8.49. The van der Waals surface area contributed by atoms with Crippen LogP contribution in [0.25, 0.3) is 21.7 Å². The van der Waals surface area contributed by atoms with E-state index in [1.807, 2.05) is 28.9 Å². The Morgan fingerprint density at radius 1 is 1.43 bits per heavy atom. The minimum absolute atomic E-state index is 0.187. The first kappa shape index (κ1) is 15.1. The lowest BCUT2D eigenvalue weighted by molar-refractivity contribution is 0.0697. The number of halogens is 1. The fourth-order valence-electron chi connectivity index (χ4n) is 1.76. The van der Waals surface area contributed by atoms with Gasteiger partial charge in [0, 0.05) is 22.4 Å². The molecule has 2 rings (SSSR count). The Bertz CT molecular complexity index is 711. The minimum atomic E-state index is -0.996. The van der Waals surface area contributed by atoms with Crippen molar-refractivity contribution in [2.45, 2.75) is 6.54 Å². The molecular weight excluding hydrogens is 385 g/mol. The zero-order valence-corrected chi connectivity index (χ0v) is 12.9. The second-order valence-electron chi connectivity index (χ2n) is 4.14. The van der Waals surface area contributed by atoms with Crippen LogP contribution in [-0.2, 0) is 6.54 Å². The molecule has 0 atom stereocenters. The van der Waals surface area contributed by atoms with Crippen LogP contribution in [0.5, 0.6) is 0 Å². The molecule has 0 amide bonds. The number of hydrogen-bond acceptors (Lipinski definition) is 4. The molecule has 106 valence electrons. The largest absolute Gasteiger partial charge is 0.478 e. The standard InChI is InChI=1S/C13H10IN5O2/c14-18-11-4-9(3-10(5-11)13(20)21)12-2-1-8(6-16-12)7-17-19-15/h1-6,18H,7H2,(H,20,21). The van der Waals surface area contributed by atoms with Crippen molar-refractivity contribution in [2.75, 3.05) is 3.53 Å². The van der Waals surface area contributed by atoms with Crippen molar-refractivity contribution < 1.29 is 9.90 Å². The maximum Gasteiger partial charge on any atom is 0.335 e. The number of aromatic nitrogens is 1. The van der Waals surface area contributed by atoms with Gasteiger partial charge in [0.05, 0.1) is 40.7 Å². The van der Waals surface area contributed by atoms with E-state index in [1.54, 1.807) is 30.5 Å². The number of carbonyl (C=O) groups is 1. The third kappa shape index (κ3) is 3.83. The molecule has 0 bridgehead atoms. The molecule has 0 radical (unpaired) electrons. The number of benzene rings is 1. The molecular formula is C13H10IN5O2. The van der Waals surface area contributed by atoms with Gasteiger partial charge in [0.2, 0.25) is 0 Å². The van der Waals surface area contributed by atoms with Crippen molar-refractivity contribution >= 4 is 34.5 Å². The topological polar surface area (TPSA) is 111 Å². The molecule has 2 N–H and O–H groups in total. The average Bonchev–Trinajstić information content (AvgIpc) is 2.52. The maximum absolute atomic E-state index is 11.1. The van der Waals surface area contributed by atoms with E-state index in [9.17, 15) is 4.79 Å². The van der Waals surface area contributed by atoms with Crippen molar-refractivity contribution in [1.29, 1.82) is 0 Å². The van der Waals surface area contributed by atoms with Crippen LogP contribution in [0.15, 0.2) is 41.6 Å². The quantitative estimate of drug-likeness (QED) is 0.262. The second-order valence-corrected chi connectivity index (χ2v) is 4.68. The van der Waals surface area contributed by atoms with Gasteiger partial charge in [0.1, 0.15) is 0 Å². The maximum atomic E-state index is 11.1. The molecule has 0 aliphatic rings. The summed E-state index contributed by atoms with van der Waals surface area (Å²) in [4.78, 5) is 18.1. The predicted molar refractivity (Wildman–Crippen MR) is 87.1 cm³/mol. The molecule has 0 aliphatic heterocycles. The van der Waals surface area contributed by atoms with Gasteiger partial charge in [0.25, 0.3) is 0 Å². The highest BCUT2D eigenvalue weighted by Crippen LogP contribution is 2.24. The summed E-state index contributed by atoms with van der Waals surface area (Å²) < 4.78 is 2.90. The van der Waals surface area contributed by atoms with E-state index in [-0.39, 0.29) is 12.1 Å². The minimum Gasteiger partial charge on any atom is -0.478 e. The summed E-state index contributed by atoms with van der Waals surface area (Å²) in [6.07, 6.45) is 1.61. The van der Waals surface area contributed by atoms with Crippen molar-refractivity contribution in [1.82, 2.24) is 4.98 Å². The van der Waals surface area contributed by atoms with E-state index in [4.69, 9.17) is 10.6 Å². The van der Waals surface area contributed by atoms with E-state index in [1.165, 1.54) is 0 Å². The first-order valence-corrected chi connectivity index (χ1v) is 6.93. The number of hydrogen-bond donors (Lipinski definition) is 2. The number of anilines is 1. The molecule has 0 saturated heterocycles. The monoisotopic (exact) mass is 395 g/mol. The molecule has 1 heterocycles. The number of carboxylic acid groups (broad SMARTS) is 1. The zero-order chi connectivity index (χ0) is 15.2. The smallest absolute Gasteiger partial charge is 0.335 e. The Morgan fingerprint density at radius 2 is 2.24 bits per heavy atom. The first-order chi connectivity index (χ1) is 10.1. The van der Waals surface area contributed by atoms with Crippen molar-refractivity contribution in [3.63, 3.8) is 0 Å². The molecule has 0 fully saturated rings. The zero-order valence-electron chi connectivity index (χ0n) is 10.7. The van der Waals surface area contributed by atoms with E-state index < -0.39 is 5.97 Å². The van der Waals surface area contributed by atoms with Gasteiger partial charge in [-0.2, -0.15) is 0 Å². The molecule has 0 spiro atoms. The Kier molecular flexibility index (Phi) is 4.96. The number of aromatic carboxylic acids is 1. The van der Waals surface area contributed by atoms with Crippen LogP contribution in [0.3, 0.4) is 0 Å². The normalized spacial score (nSPS) is 9.76. The number of pyridine rings is 1. The van der Waals surface area contributed by atoms with Gasteiger partial charge in [0.15, 0.2) is 0 Å². The molecule has 0 saturated carbocycles. The van der Waals surface area contributed by atoms with Crippen LogP contribution < -0.4 is 3.53 Å². The highest BCUT2D eigenvalue weighted by atomic mass is 127. The number of azide groups is 1. The summed E-state index contributed by atoms with van der Waals surface area (Å²) in [5.41, 5.74) is 11.3. The van der Waals surface area contributed by atoms with Crippen LogP contribution in [0.1, 0.15) is 15.9 Å². The SMILES string of the molecule is [N-]=[N+]=NCc1ccc(-c2cc(NI)cc(C(=O)O)c2)nc1. The molecule has 21 heavy (non-hydrogen) atoms. The predicted octanol–water partition coefficient (Wildman–Crippen LogP) is 4.02. The van der Waals surface area contributed by atoms with E-state index in [0.29, 0.717) is 16.9 Å². The number of nitrogens with one attached hydrogen (secondary N) is 1.